The molecule has 1 fully saturated rings. The molecular weight excluding hydrogens is 500 g/mol. The van der Waals surface area contributed by atoms with Crippen LogP contribution >= 0.6 is 0 Å². The number of hydrogen-bond acceptors (Lipinski definition) is 11. The molecule has 1 aliphatic heterocycles. The Balaban J connectivity index is 0.964. The van der Waals surface area contributed by atoms with Gasteiger partial charge in [-0.25, -0.2) is 4.98 Å². The fourth-order valence-electron chi connectivity index (χ4n) is 4.78. The zero-order valence-corrected chi connectivity index (χ0v) is 21.9. The van der Waals surface area contributed by atoms with Crippen molar-refractivity contribution in [3.63, 3.8) is 0 Å². The van der Waals surface area contributed by atoms with Crippen LogP contribution in [0.3, 0.4) is 0 Å². The number of benzene rings is 2. The van der Waals surface area contributed by atoms with Gasteiger partial charge < -0.3 is 23.3 Å². The van der Waals surface area contributed by atoms with Crippen LogP contribution in [0.5, 0.6) is 5.75 Å². The van der Waals surface area contributed by atoms with Crippen LogP contribution in [0, 0.1) is 13.8 Å². The highest BCUT2D eigenvalue weighted by atomic mass is 16.5. The van der Waals surface area contributed by atoms with E-state index in [0.717, 1.165) is 48.5 Å². The van der Waals surface area contributed by atoms with Crippen LogP contribution in [0.25, 0.3) is 34.0 Å². The zero-order valence-electron chi connectivity index (χ0n) is 21.9. The lowest BCUT2D eigenvalue weighted by Crippen LogP contribution is -2.48. The van der Waals surface area contributed by atoms with Crippen LogP contribution in [-0.2, 0) is 6.54 Å². The number of aromatic nitrogens is 4. The van der Waals surface area contributed by atoms with Crippen molar-refractivity contribution in [2.45, 2.75) is 26.5 Å². The van der Waals surface area contributed by atoms with Crippen molar-refractivity contribution in [3.8, 4) is 28.7 Å². The number of aliphatic hydroxyl groups is 1. The second-order valence-electron chi connectivity index (χ2n) is 9.77. The van der Waals surface area contributed by atoms with E-state index in [4.69, 9.17) is 18.2 Å². The molecule has 0 spiro atoms. The third-order valence-electron chi connectivity index (χ3n) is 6.84. The average Bonchev–Trinajstić information content (AvgIpc) is 3.67. The van der Waals surface area contributed by atoms with Crippen molar-refractivity contribution in [2.75, 3.05) is 39.3 Å². The van der Waals surface area contributed by atoms with Crippen LogP contribution in [-0.4, -0.2) is 80.6 Å². The highest BCUT2D eigenvalue weighted by molar-refractivity contribution is 5.77. The molecule has 1 aliphatic rings. The molecule has 0 radical (unpaired) electrons. The molecule has 11 nitrogen and oxygen atoms in total. The number of aryl methyl sites for hydroxylation is 2. The molecule has 2 aromatic carbocycles. The number of ether oxygens (including phenoxy) is 1. The molecule has 39 heavy (non-hydrogen) atoms. The Bertz CT molecular complexity index is 1520. The minimum atomic E-state index is -0.612. The van der Waals surface area contributed by atoms with Gasteiger partial charge in [0, 0.05) is 44.4 Å². The predicted octanol–water partition coefficient (Wildman–Crippen LogP) is 3.71. The SMILES string of the molecule is Cc1noc(C)c1-c1nc(CN2CCN(C[C@H](O)COc3ccc4oc(-c5ccccc5)nc4c3)CC2)no1. The summed E-state index contributed by atoms with van der Waals surface area (Å²) in [5, 5.41) is 18.7. The van der Waals surface area contributed by atoms with Crippen molar-refractivity contribution >= 4 is 11.1 Å². The number of piperazine rings is 1. The van der Waals surface area contributed by atoms with Gasteiger partial charge in [-0.3, -0.25) is 9.80 Å². The van der Waals surface area contributed by atoms with E-state index in [-0.39, 0.29) is 6.61 Å². The summed E-state index contributed by atoms with van der Waals surface area (Å²) in [6.45, 7) is 8.37. The number of β-amino-alcohol motifs (C(OH)–C–C–N with tert-alkyl or cyclic N) is 1. The van der Waals surface area contributed by atoms with E-state index in [2.05, 4.69) is 30.1 Å². The summed E-state index contributed by atoms with van der Waals surface area (Å²) >= 11 is 0. The molecule has 4 heterocycles. The van der Waals surface area contributed by atoms with Crippen molar-refractivity contribution in [1.29, 1.82) is 0 Å². The van der Waals surface area contributed by atoms with E-state index in [0.29, 0.717) is 47.8 Å². The van der Waals surface area contributed by atoms with Gasteiger partial charge in [-0.1, -0.05) is 28.5 Å². The molecule has 1 N–H and O–H groups in total. The molecule has 3 aromatic heterocycles. The lowest BCUT2D eigenvalue weighted by Gasteiger charge is -2.34. The van der Waals surface area contributed by atoms with Crippen LogP contribution in [0.1, 0.15) is 17.3 Å². The fourth-order valence-corrected chi connectivity index (χ4v) is 4.78. The van der Waals surface area contributed by atoms with Crippen molar-refractivity contribution in [1.82, 2.24) is 30.1 Å². The molecule has 11 heteroatoms. The minimum Gasteiger partial charge on any atom is -0.491 e. The first-order valence-electron chi connectivity index (χ1n) is 13.0. The summed E-state index contributed by atoms with van der Waals surface area (Å²) in [6, 6.07) is 15.3. The third kappa shape index (κ3) is 5.70. The number of rotatable bonds is 9. The fraction of sp³-hybridized carbons (Fsp3) is 0.357. The van der Waals surface area contributed by atoms with Crippen molar-refractivity contribution in [3.05, 3.63) is 65.8 Å². The maximum Gasteiger partial charge on any atom is 0.263 e. The lowest BCUT2D eigenvalue weighted by atomic mass is 10.2. The van der Waals surface area contributed by atoms with Gasteiger partial charge in [-0.2, -0.15) is 4.98 Å². The average molecular weight is 531 g/mol. The summed E-state index contributed by atoms with van der Waals surface area (Å²) < 4.78 is 22.4. The maximum absolute atomic E-state index is 10.6. The molecule has 202 valence electrons. The molecule has 1 atom stereocenters. The number of fused-ring (bicyclic) bond motifs is 1. The molecule has 6 rings (SSSR count). The minimum absolute atomic E-state index is 0.197. The second kappa shape index (κ2) is 11.0. The zero-order chi connectivity index (χ0) is 26.8. The van der Waals surface area contributed by atoms with Gasteiger partial charge in [-0.05, 0) is 38.1 Å². The van der Waals surface area contributed by atoms with Crippen molar-refractivity contribution in [2.24, 2.45) is 0 Å². The molecule has 1 saturated heterocycles. The van der Waals surface area contributed by atoms with Gasteiger partial charge in [0.1, 0.15) is 35.3 Å². The summed E-state index contributed by atoms with van der Waals surface area (Å²) in [6.07, 6.45) is -0.612. The van der Waals surface area contributed by atoms with E-state index in [1.54, 1.807) is 0 Å². The Morgan fingerprint density at radius 1 is 0.923 bits per heavy atom. The van der Waals surface area contributed by atoms with Crippen LogP contribution < -0.4 is 4.74 Å². The first-order chi connectivity index (χ1) is 19.0. The van der Waals surface area contributed by atoms with Crippen LogP contribution in [0.4, 0.5) is 0 Å². The second-order valence-corrected chi connectivity index (χ2v) is 9.77. The maximum atomic E-state index is 10.6. The van der Waals surface area contributed by atoms with Crippen LogP contribution in [0.15, 0.2) is 62.0 Å². The van der Waals surface area contributed by atoms with E-state index in [9.17, 15) is 5.11 Å². The van der Waals surface area contributed by atoms with Gasteiger partial charge in [0.05, 0.1) is 12.2 Å². The Labute approximate surface area is 225 Å². The summed E-state index contributed by atoms with van der Waals surface area (Å²) in [5.74, 6) is 2.95. The molecule has 0 aliphatic carbocycles. The number of hydrogen-bond donors (Lipinski definition) is 1. The Morgan fingerprint density at radius 2 is 1.72 bits per heavy atom. The third-order valence-corrected chi connectivity index (χ3v) is 6.84. The molecule has 0 amide bonds. The molecule has 0 unspecified atom stereocenters. The lowest BCUT2D eigenvalue weighted by molar-refractivity contribution is 0.0440. The number of nitrogens with zero attached hydrogens (tertiary/aromatic N) is 6. The van der Waals surface area contributed by atoms with E-state index >= 15 is 0 Å². The normalized spacial score (nSPS) is 15.7. The smallest absolute Gasteiger partial charge is 0.263 e. The molecule has 0 saturated carbocycles. The van der Waals surface area contributed by atoms with Gasteiger partial charge in [0.2, 0.25) is 5.89 Å². The summed E-state index contributed by atoms with van der Waals surface area (Å²) in [7, 11) is 0. The highest BCUT2D eigenvalue weighted by Gasteiger charge is 2.23. The van der Waals surface area contributed by atoms with Gasteiger partial charge >= 0.3 is 0 Å². The molecule has 0 bridgehead atoms. The highest BCUT2D eigenvalue weighted by Crippen LogP contribution is 2.27. The number of aliphatic hydroxyl groups excluding tert-OH is 1. The topological polar surface area (TPSA) is 127 Å². The molecule has 5 aromatic rings. The monoisotopic (exact) mass is 530 g/mol. The Hall–Kier alpha value is -4.06. The molecular formula is C28H30N6O5. The van der Waals surface area contributed by atoms with E-state index < -0.39 is 6.10 Å². The van der Waals surface area contributed by atoms with Crippen LogP contribution in [0.2, 0.25) is 0 Å². The summed E-state index contributed by atoms with van der Waals surface area (Å²) in [5.41, 5.74) is 3.82. The Morgan fingerprint density at radius 3 is 2.49 bits per heavy atom. The van der Waals surface area contributed by atoms with E-state index in [1.165, 1.54) is 0 Å². The first-order valence-corrected chi connectivity index (χ1v) is 13.0. The largest absolute Gasteiger partial charge is 0.491 e. The summed E-state index contributed by atoms with van der Waals surface area (Å²) in [4.78, 5) is 13.6. The van der Waals surface area contributed by atoms with Gasteiger partial charge in [-0.15, -0.1) is 0 Å². The predicted molar refractivity (Wildman–Crippen MR) is 142 cm³/mol. The number of oxazole rings is 1. The Kier molecular flexibility index (Phi) is 7.10. The quantitative estimate of drug-likeness (QED) is 0.300. The van der Waals surface area contributed by atoms with E-state index in [1.807, 2.05) is 62.4 Å². The first kappa shape index (κ1) is 25.2. The van der Waals surface area contributed by atoms with Gasteiger partial charge in [0.25, 0.3) is 5.89 Å². The standard InChI is InChI=1S/C28H30N6O5/c1-18-26(19(2)38-31-18)28-30-25(32-39-28)16-34-12-10-33(11-13-34)15-21(35)17-36-22-8-9-24-23(14-22)29-27(37-24)20-6-4-3-5-7-20/h3-9,14,21,35H,10-13,15-17H2,1-2H3/t21-/m0/s1. The van der Waals surface area contributed by atoms with Gasteiger partial charge in [0.15, 0.2) is 11.4 Å². The van der Waals surface area contributed by atoms with Crippen molar-refractivity contribution < 1.29 is 23.3 Å².